The zero-order valence-electron chi connectivity index (χ0n) is 19.1. The second-order valence-electron chi connectivity index (χ2n) is 8.30. The number of carbonyl (C=O) groups is 2. The molecule has 1 atom stereocenters. The predicted molar refractivity (Wildman–Crippen MR) is 122 cm³/mol. The third-order valence-corrected chi connectivity index (χ3v) is 5.68. The molecule has 4 rings (SSSR count). The maximum absolute atomic E-state index is 13.1. The Bertz CT molecular complexity index is 1200. The molecule has 3 aromatic rings. The number of hydrogen-bond acceptors (Lipinski definition) is 6. The van der Waals surface area contributed by atoms with Gasteiger partial charge in [-0.1, -0.05) is 13.8 Å². The van der Waals surface area contributed by atoms with Crippen LogP contribution in [0.2, 0.25) is 0 Å². The number of amides is 1. The highest BCUT2D eigenvalue weighted by Crippen LogP contribution is 2.41. The first-order chi connectivity index (χ1) is 15.8. The third kappa shape index (κ3) is 4.18. The topological polar surface area (TPSA) is 93.1 Å². The SMILES string of the molecule is CCOc1ccc(/C(O)=C2/C(=O)C(=O)N(Cc3ccco3)C2c2ccc(C)o2)cc1C(C)C. The lowest BCUT2D eigenvalue weighted by molar-refractivity contribution is -0.140. The van der Waals surface area contributed by atoms with Crippen LogP contribution in [0.3, 0.4) is 0 Å². The van der Waals surface area contributed by atoms with Crippen molar-refractivity contribution in [3.05, 3.63) is 82.7 Å². The van der Waals surface area contributed by atoms with Gasteiger partial charge in [0.25, 0.3) is 11.7 Å². The van der Waals surface area contributed by atoms with E-state index in [-0.39, 0.29) is 23.8 Å². The van der Waals surface area contributed by atoms with E-state index in [1.807, 2.05) is 20.8 Å². The first kappa shape index (κ1) is 22.5. The molecule has 0 saturated carbocycles. The molecule has 1 amide bonds. The van der Waals surface area contributed by atoms with E-state index in [1.165, 1.54) is 11.2 Å². The Morgan fingerprint density at radius 3 is 2.58 bits per heavy atom. The van der Waals surface area contributed by atoms with Crippen molar-refractivity contribution in [3.63, 3.8) is 0 Å². The van der Waals surface area contributed by atoms with Crippen molar-refractivity contribution in [1.29, 1.82) is 0 Å². The summed E-state index contributed by atoms with van der Waals surface area (Å²) >= 11 is 0. The number of hydrogen-bond donors (Lipinski definition) is 1. The maximum Gasteiger partial charge on any atom is 0.296 e. The highest BCUT2D eigenvalue weighted by Gasteiger charge is 2.47. The van der Waals surface area contributed by atoms with Crippen LogP contribution in [0.1, 0.15) is 61.1 Å². The van der Waals surface area contributed by atoms with Crippen molar-refractivity contribution in [1.82, 2.24) is 4.90 Å². The molecule has 7 nitrogen and oxygen atoms in total. The number of Topliss-reactive ketones (excluding diaryl/α,β-unsaturated/α-hetero) is 1. The summed E-state index contributed by atoms with van der Waals surface area (Å²) in [4.78, 5) is 27.5. The molecule has 1 N–H and O–H groups in total. The molecule has 1 aliphatic heterocycles. The number of furan rings is 2. The molecule has 0 spiro atoms. The minimum absolute atomic E-state index is 0.0141. The fourth-order valence-corrected chi connectivity index (χ4v) is 4.10. The van der Waals surface area contributed by atoms with Crippen LogP contribution in [0, 0.1) is 6.92 Å². The second kappa shape index (κ2) is 9.02. The lowest BCUT2D eigenvalue weighted by Crippen LogP contribution is -2.28. The average molecular weight is 450 g/mol. The second-order valence-corrected chi connectivity index (χ2v) is 8.30. The molecule has 1 fully saturated rings. The van der Waals surface area contributed by atoms with Gasteiger partial charge in [-0.05, 0) is 67.8 Å². The van der Waals surface area contributed by atoms with Gasteiger partial charge >= 0.3 is 0 Å². The first-order valence-corrected chi connectivity index (χ1v) is 11.0. The normalized spacial score (nSPS) is 17.8. The number of ketones is 1. The van der Waals surface area contributed by atoms with Crippen LogP contribution in [-0.4, -0.2) is 28.3 Å². The number of aliphatic hydroxyl groups excluding tert-OH is 1. The molecule has 0 aliphatic carbocycles. The van der Waals surface area contributed by atoms with Crippen molar-refractivity contribution < 1.29 is 28.3 Å². The minimum atomic E-state index is -0.877. The van der Waals surface area contributed by atoms with E-state index in [9.17, 15) is 14.7 Å². The van der Waals surface area contributed by atoms with Gasteiger partial charge in [-0.2, -0.15) is 0 Å². The molecular formula is C26H27NO6. The monoisotopic (exact) mass is 449 g/mol. The van der Waals surface area contributed by atoms with Crippen LogP contribution in [0.4, 0.5) is 0 Å². The van der Waals surface area contributed by atoms with Crippen molar-refractivity contribution in [2.45, 2.75) is 46.2 Å². The summed E-state index contributed by atoms with van der Waals surface area (Å²) in [5.74, 6) is 0.670. The van der Waals surface area contributed by atoms with Gasteiger partial charge in [0, 0.05) is 5.56 Å². The fourth-order valence-electron chi connectivity index (χ4n) is 4.10. The van der Waals surface area contributed by atoms with Crippen molar-refractivity contribution in [2.24, 2.45) is 0 Å². The van der Waals surface area contributed by atoms with Crippen molar-refractivity contribution in [3.8, 4) is 5.75 Å². The summed E-state index contributed by atoms with van der Waals surface area (Å²) < 4.78 is 16.9. The summed E-state index contributed by atoms with van der Waals surface area (Å²) in [7, 11) is 0. The summed E-state index contributed by atoms with van der Waals surface area (Å²) in [5, 5.41) is 11.3. The molecule has 2 aromatic heterocycles. The van der Waals surface area contributed by atoms with E-state index in [2.05, 4.69) is 0 Å². The summed E-state index contributed by atoms with van der Waals surface area (Å²) in [5.41, 5.74) is 1.32. The molecule has 1 aliphatic rings. The number of benzene rings is 1. The number of rotatable bonds is 7. The zero-order valence-corrected chi connectivity index (χ0v) is 19.1. The van der Waals surface area contributed by atoms with Crippen molar-refractivity contribution in [2.75, 3.05) is 6.61 Å². The lowest BCUT2D eigenvalue weighted by Gasteiger charge is -2.22. The van der Waals surface area contributed by atoms with Gasteiger partial charge in [-0.3, -0.25) is 9.59 Å². The molecule has 7 heteroatoms. The van der Waals surface area contributed by atoms with Gasteiger partial charge in [0.05, 0.1) is 25.0 Å². The number of likely N-dealkylation sites (tertiary alicyclic amines) is 1. The molecule has 1 unspecified atom stereocenters. The Balaban J connectivity index is 1.85. The molecule has 1 aromatic carbocycles. The Hall–Kier alpha value is -3.74. The molecule has 1 saturated heterocycles. The maximum atomic E-state index is 13.1. The summed E-state index contributed by atoms with van der Waals surface area (Å²) in [6.07, 6.45) is 1.51. The summed E-state index contributed by atoms with van der Waals surface area (Å²) in [6, 6.07) is 11.3. The van der Waals surface area contributed by atoms with Gasteiger partial charge in [0.15, 0.2) is 0 Å². The van der Waals surface area contributed by atoms with E-state index in [0.29, 0.717) is 29.5 Å². The number of aliphatic hydroxyl groups is 1. The van der Waals surface area contributed by atoms with E-state index in [1.54, 1.807) is 49.4 Å². The van der Waals surface area contributed by atoms with Gasteiger partial charge in [0.1, 0.15) is 34.8 Å². The fraction of sp³-hybridized carbons (Fsp3) is 0.308. The van der Waals surface area contributed by atoms with Gasteiger partial charge < -0.3 is 23.6 Å². The Kier molecular flexibility index (Phi) is 6.14. The highest BCUT2D eigenvalue weighted by atomic mass is 16.5. The smallest absolute Gasteiger partial charge is 0.296 e. The number of carbonyl (C=O) groups excluding carboxylic acids is 2. The first-order valence-electron chi connectivity index (χ1n) is 11.0. The molecule has 0 radical (unpaired) electrons. The number of nitrogens with zero attached hydrogens (tertiary/aromatic N) is 1. The Labute approximate surface area is 192 Å². The Morgan fingerprint density at radius 1 is 1.18 bits per heavy atom. The van der Waals surface area contributed by atoms with Crippen LogP contribution >= 0.6 is 0 Å². The van der Waals surface area contributed by atoms with E-state index in [4.69, 9.17) is 13.6 Å². The van der Waals surface area contributed by atoms with Crippen LogP contribution in [-0.2, 0) is 16.1 Å². The lowest BCUT2D eigenvalue weighted by atomic mass is 9.95. The zero-order chi connectivity index (χ0) is 23.7. The Morgan fingerprint density at radius 2 is 1.97 bits per heavy atom. The highest BCUT2D eigenvalue weighted by molar-refractivity contribution is 6.46. The van der Waals surface area contributed by atoms with Gasteiger partial charge in [-0.25, -0.2) is 0 Å². The van der Waals surface area contributed by atoms with Crippen LogP contribution in [0.15, 0.2) is 63.1 Å². The van der Waals surface area contributed by atoms with E-state index >= 15 is 0 Å². The molecule has 3 heterocycles. The molecule has 33 heavy (non-hydrogen) atoms. The van der Waals surface area contributed by atoms with Crippen molar-refractivity contribution >= 4 is 17.4 Å². The molecule has 172 valence electrons. The number of ether oxygens (including phenoxy) is 1. The van der Waals surface area contributed by atoms with Crippen LogP contribution in [0.5, 0.6) is 5.75 Å². The predicted octanol–water partition coefficient (Wildman–Crippen LogP) is 5.33. The average Bonchev–Trinajstić information content (AvgIpc) is 3.51. The van der Waals surface area contributed by atoms with E-state index < -0.39 is 17.7 Å². The quantitative estimate of drug-likeness (QED) is 0.298. The molecule has 0 bridgehead atoms. The standard InChI is InChI=1S/C26H27NO6/c1-5-31-20-11-9-17(13-19(20)15(2)3)24(28)22-23(21-10-8-16(4)33-21)27(26(30)25(22)29)14-18-7-6-12-32-18/h6-13,15,23,28H,5,14H2,1-4H3/b24-22-. The third-order valence-electron chi connectivity index (χ3n) is 5.68. The summed E-state index contributed by atoms with van der Waals surface area (Å²) in [6.45, 7) is 8.32. The molecular weight excluding hydrogens is 422 g/mol. The van der Waals surface area contributed by atoms with Crippen LogP contribution < -0.4 is 4.74 Å². The number of aryl methyl sites for hydroxylation is 1. The van der Waals surface area contributed by atoms with E-state index in [0.717, 1.165) is 11.3 Å². The van der Waals surface area contributed by atoms with Crippen LogP contribution in [0.25, 0.3) is 5.76 Å². The van der Waals surface area contributed by atoms with Gasteiger partial charge in [-0.15, -0.1) is 0 Å². The van der Waals surface area contributed by atoms with Gasteiger partial charge in [0.2, 0.25) is 0 Å². The minimum Gasteiger partial charge on any atom is -0.507 e. The largest absolute Gasteiger partial charge is 0.507 e.